The monoisotopic (exact) mass is 208 g/mol. The summed E-state index contributed by atoms with van der Waals surface area (Å²) in [5, 5.41) is 1.86. The molecule has 1 aromatic heterocycles. The molecule has 0 N–H and O–H groups in total. The van der Waals surface area contributed by atoms with E-state index >= 15 is 0 Å². The largest absolute Gasteiger partial charge is 0.495 e. The van der Waals surface area contributed by atoms with Crippen LogP contribution in [-0.2, 0) is 0 Å². The van der Waals surface area contributed by atoms with Crippen molar-refractivity contribution in [1.29, 1.82) is 0 Å². The minimum atomic E-state index is 0.111. The molecule has 1 rings (SSSR count). The second-order valence-electron chi connectivity index (χ2n) is 2.67. The van der Waals surface area contributed by atoms with Crippen molar-refractivity contribution >= 4 is 17.1 Å². The Hall–Kier alpha value is -1.27. The minimum Gasteiger partial charge on any atom is -0.495 e. The highest BCUT2D eigenvalue weighted by atomic mass is 32.1. The second-order valence-corrected chi connectivity index (χ2v) is 3.58. The molecule has 0 spiro atoms. The third-order valence-electron chi connectivity index (χ3n) is 1.76. The maximum absolute atomic E-state index is 11.6. The van der Waals surface area contributed by atoms with Crippen LogP contribution in [0.5, 0.6) is 5.75 Å². The van der Waals surface area contributed by atoms with Crippen molar-refractivity contribution < 1.29 is 9.53 Å². The van der Waals surface area contributed by atoms with Gasteiger partial charge in [-0.15, -0.1) is 23.2 Å². The van der Waals surface area contributed by atoms with E-state index in [1.807, 2.05) is 11.4 Å². The number of rotatable bonds is 4. The fourth-order valence-corrected chi connectivity index (χ4v) is 1.90. The molecule has 0 saturated carbocycles. The molecule has 1 heterocycles. The summed E-state index contributed by atoms with van der Waals surface area (Å²) >= 11 is 1.42. The van der Waals surface area contributed by atoms with Crippen molar-refractivity contribution in [3.8, 4) is 17.6 Å². The van der Waals surface area contributed by atoms with Gasteiger partial charge in [0.2, 0.25) is 0 Å². The highest BCUT2D eigenvalue weighted by Crippen LogP contribution is 2.25. The van der Waals surface area contributed by atoms with Crippen LogP contribution in [0.2, 0.25) is 0 Å². The van der Waals surface area contributed by atoms with E-state index in [9.17, 15) is 4.79 Å². The number of hydrogen-bond acceptors (Lipinski definition) is 3. The summed E-state index contributed by atoms with van der Waals surface area (Å²) in [6.45, 7) is 1.77. The quantitative estimate of drug-likeness (QED) is 0.561. The van der Waals surface area contributed by atoms with E-state index in [0.29, 0.717) is 23.5 Å². The molecule has 1 aromatic rings. The number of carbonyl (C=O) groups is 1. The Labute approximate surface area is 87.9 Å². The highest BCUT2D eigenvalue weighted by Gasteiger charge is 2.12. The van der Waals surface area contributed by atoms with E-state index in [4.69, 9.17) is 4.74 Å². The number of methoxy groups -OCH3 is 1. The predicted octanol–water partition coefficient (Wildman–Crippen LogP) is 2.74. The van der Waals surface area contributed by atoms with Gasteiger partial charge in [-0.2, -0.15) is 0 Å². The van der Waals surface area contributed by atoms with Crippen molar-refractivity contribution in [3.63, 3.8) is 0 Å². The first-order chi connectivity index (χ1) is 6.79. The molecular formula is C11H12O2S. The van der Waals surface area contributed by atoms with Gasteiger partial charge in [-0.1, -0.05) is 0 Å². The maximum atomic E-state index is 11.6. The first kappa shape index (κ1) is 10.8. The average molecular weight is 208 g/mol. The van der Waals surface area contributed by atoms with Crippen molar-refractivity contribution in [2.24, 2.45) is 0 Å². The number of ether oxygens (including phenoxy) is 1. The van der Waals surface area contributed by atoms with Gasteiger partial charge in [0.1, 0.15) is 10.6 Å². The Morgan fingerprint density at radius 1 is 1.64 bits per heavy atom. The number of Topliss-reactive ketones (excluding diaryl/α,β-unsaturated/α-hetero) is 1. The lowest BCUT2D eigenvalue weighted by molar-refractivity contribution is 0.0985. The van der Waals surface area contributed by atoms with Crippen molar-refractivity contribution in [1.82, 2.24) is 0 Å². The number of ketones is 1. The fraction of sp³-hybridized carbons (Fsp3) is 0.364. The molecule has 3 heteroatoms. The average Bonchev–Trinajstić information content (AvgIpc) is 2.65. The molecule has 14 heavy (non-hydrogen) atoms. The van der Waals surface area contributed by atoms with Crippen molar-refractivity contribution in [3.05, 3.63) is 16.3 Å². The normalized spacial score (nSPS) is 9.00. The predicted molar refractivity (Wildman–Crippen MR) is 57.9 cm³/mol. The molecule has 0 bridgehead atoms. The molecule has 0 amide bonds. The second kappa shape index (κ2) is 5.46. The van der Waals surface area contributed by atoms with Crippen LogP contribution in [0.4, 0.5) is 0 Å². The Kier molecular flexibility index (Phi) is 4.21. The highest BCUT2D eigenvalue weighted by molar-refractivity contribution is 7.12. The van der Waals surface area contributed by atoms with Gasteiger partial charge >= 0.3 is 0 Å². The number of hydrogen-bond donors (Lipinski definition) is 0. The molecule has 0 saturated heterocycles. The minimum absolute atomic E-state index is 0.111. The van der Waals surface area contributed by atoms with Crippen LogP contribution in [0.25, 0.3) is 0 Å². The first-order valence-corrected chi connectivity index (χ1v) is 5.22. The van der Waals surface area contributed by atoms with E-state index in [2.05, 4.69) is 11.8 Å². The summed E-state index contributed by atoms with van der Waals surface area (Å²) in [5.41, 5.74) is 0. The molecule has 0 radical (unpaired) electrons. The lowest BCUT2D eigenvalue weighted by Gasteiger charge is -1.99. The standard InChI is InChI=1S/C11H12O2S/c1-3-4-5-6-9(12)11-10(13-2)7-8-14-11/h7-8H,5-6H2,1-2H3. The molecule has 0 aromatic carbocycles. The maximum Gasteiger partial charge on any atom is 0.177 e. The van der Waals surface area contributed by atoms with Gasteiger partial charge in [-0.25, -0.2) is 0 Å². The van der Waals surface area contributed by atoms with Crippen molar-refractivity contribution in [2.75, 3.05) is 7.11 Å². The van der Waals surface area contributed by atoms with Crippen LogP contribution < -0.4 is 4.74 Å². The first-order valence-electron chi connectivity index (χ1n) is 4.34. The lowest BCUT2D eigenvalue weighted by Crippen LogP contribution is -1.97. The van der Waals surface area contributed by atoms with Gasteiger partial charge in [0.25, 0.3) is 0 Å². The molecule has 0 fully saturated rings. The molecule has 0 aliphatic rings. The molecule has 0 aliphatic carbocycles. The van der Waals surface area contributed by atoms with E-state index < -0.39 is 0 Å². The van der Waals surface area contributed by atoms with Crippen LogP contribution in [-0.4, -0.2) is 12.9 Å². The number of thiophene rings is 1. The summed E-state index contributed by atoms with van der Waals surface area (Å²) in [4.78, 5) is 12.3. The van der Waals surface area contributed by atoms with Gasteiger partial charge in [-0.05, 0) is 18.4 Å². The van der Waals surface area contributed by atoms with Crippen LogP contribution in [0, 0.1) is 11.8 Å². The summed E-state index contributed by atoms with van der Waals surface area (Å²) in [6.07, 6.45) is 1.09. The van der Waals surface area contributed by atoms with Crippen LogP contribution in [0.1, 0.15) is 29.4 Å². The molecular weight excluding hydrogens is 196 g/mol. The number of carbonyl (C=O) groups excluding carboxylic acids is 1. The fourth-order valence-electron chi connectivity index (χ4n) is 1.08. The topological polar surface area (TPSA) is 26.3 Å². The molecule has 2 nitrogen and oxygen atoms in total. The van der Waals surface area contributed by atoms with Crippen LogP contribution >= 0.6 is 11.3 Å². The molecule has 0 aliphatic heterocycles. The Morgan fingerprint density at radius 2 is 2.43 bits per heavy atom. The van der Waals surface area contributed by atoms with Crippen molar-refractivity contribution in [2.45, 2.75) is 19.8 Å². The summed E-state index contributed by atoms with van der Waals surface area (Å²) in [5.74, 6) is 6.42. The Balaban J connectivity index is 2.63. The third kappa shape index (κ3) is 2.61. The van der Waals surface area contributed by atoms with Gasteiger partial charge in [0, 0.05) is 12.8 Å². The van der Waals surface area contributed by atoms with Crippen LogP contribution in [0.3, 0.4) is 0 Å². The SMILES string of the molecule is CC#CCCC(=O)c1sccc1OC. The van der Waals surface area contributed by atoms with Gasteiger partial charge in [0.15, 0.2) is 5.78 Å². The van der Waals surface area contributed by atoms with Gasteiger partial charge in [0.05, 0.1) is 7.11 Å². The van der Waals surface area contributed by atoms with E-state index in [1.54, 1.807) is 14.0 Å². The Bertz CT molecular complexity index is 368. The lowest BCUT2D eigenvalue weighted by atomic mass is 10.2. The zero-order valence-corrected chi connectivity index (χ0v) is 9.11. The summed E-state index contributed by atoms with van der Waals surface area (Å²) < 4.78 is 5.07. The van der Waals surface area contributed by atoms with E-state index in [1.165, 1.54) is 11.3 Å². The Morgan fingerprint density at radius 3 is 3.07 bits per heavy atom. The van der Waals surface area contributed by atoms with Gasteiger partial charge < -0.3 is 4.74 Å². The molecule has 0 unspecified atom stereocenters. The summed E-state index contributed by atoms with van der Waals surface area (Å²) in [7, 11) is 1.57. The van der Waals surface area contributed by atoms with Gasteiger partial charge in [-0.3, -0.25) is 4.79 Å². The van der Waals surface area contributed by atoms with Crippen LogP contribution in [0.15, 0.2) is 11.4 Å². The molecule has 74 valence electrons. The van der Waals surface area contributed by atoms with E-state index in [0.717, 1.165) is 0 Å². The summed E-state index contributed by atoms with van der Waals surface area (Å²) in [6, 6.07) is 1.81. The zero-order valence-electron chi connectivity index (χ0n) is 8.29. The van der Waals surface area contributed by atoms with E-state index in [-0.39, 0.29) is 5.78 Å². The smallest absolute Gasteiger partial charge is 0.177 e. The molecule has 0 atom stereocenters. The zero-order chi connectivity index (χ0) is 10.4. The third-order valence-corrected chi connectivity index (χ3v) is 2.69.